The van der Waals surface area contributed by atoms with Gasteiger partial charge in [0, 0.05) is 42.8 Å². The van der Waals surface area contributed by atoms with Gasteiger partial charge < -0.3 is 30.0 Å². The average molecular weight is 500 g/mol. The van der Waals surface area contributed by atoms with Gasteiger partial charge in [-0.05, 0) is 54.6 Å². The van der Waals surface area contributed by atoms with Gasteiger partial charge >= 0.3 is 0 Å². The molecular formula is C27H25N5O5. The quantitative estimate of drug-likeness (QED) is 0.400. The van der Waals surface area contributed by atoms with E-state index in [4.69, 9.17) is 19.9 Å². The van der Waals surface area contributed by atoms with Crippen LogP contribution in [-0.2, 0) is 4.79 Å². The highest BCUT2D eigenvalue weighted by Crippen LogP contribution is 2.27. The Kier molecular flexibility index (Phi) is 6.71. The molecule has 37 heavy (non-hydrogen) atoms. The monoisotopic (exact) mass is 499 g/mol. The number of hydrogen-bond acceptors (Lipinski definition) is 7. The molecule has 0 unspecified atom stereocenters. The SMILES string of the molecule is NC(=O)c1ccc(NC(=O)COc2cccc3ccc(N4CCN(C(=O)c5ccco5)CC4)nc23)cc1. The summed E-state index contributed by atoms with van der Waals surface area (Å²) in [5.41, 5.74) is 6.78. The summed E-state index contributed by atoms with van der Waals surface area (Å²) in [5, 5.41) is 3.61. The standard InChI is InChI=1S/C27H25N5O5/c28-26(34)19-6-9-20(10-7-19)29-24(33)17-37-21-4-1-3-18-8-11-23(30-25(18)21)31-12-14-32(15-13-31)27(35)22-5-2-16-36-22/h1-11,16H,12-15,17H2,(H2,28,34)(H,29,33). The Hall–Kier alpha value is -4.86. The van der Waals surface area contributed by atoms with Gasteiger partial charge in [-0.15, -0.1) is 0 Å². The summed E-state index contributed by atoms with van der Waals surface area (Å²) in [6.07, 6.45) is 1.49. The molecule has 4 aromatic rings. The van der Waals surface area contributed by atoms with Crippen molar-refractivity contribution in [1.29, 1.82) is 0 Å². The summed E-state index contributed by atoms with van der Waals surface area (Å²) in [5.74, 6) is 0.600. The Morgan fingerprint density at radius 2 is 1.73 bits per heavy atom. The molecule has 1 fully saturated rings. The lowest BCUT2D eigenvalue weighted by atomic mass is 10.2. The zero-order valence-electron chi connectivity index (χ0n) is 19.9. The Bertz CT molecular complexity index is 1430. The Morgan fingerprint density at radius 3 is 2.43 bits per heavy atom. The lowest BCUT2D eigenvalue weighted by Crippen LogP contribution is -2.49. The van der Waals surface area contributed by atoms with Crippen LogP contribution in [-0.4, -0.2) is 60.4 Å². The normalized spacial score (nSPS) is 13.4. The van der Waals surface area contributed by atoms with Crippen LogP contribution in [0.15, 0.2) is 77.4 Å². The number of hydrogen-bond donors (Lipinski definition) is 2. The van der Waals surface area contributed by atoms with Crippen LogP contribution in [0.5, 0.6) is 5.75 Å². The first-order valence-corrected chi connectivity index (χ1v) is 11.8. The average Bonchev–Trinajstić information content (AvgIpc) is 3.47. The maximum absolute atomic E-state index is 12.5. The third-order valence-electron chi connectivity index (χ3n) is 6.10. The van der Waals surface area contributed by atoms with Crippen molar-refractivity contribution >= 4 is 40.1 Å². The summed E-state index contributed by atoms with van der Waals surface area (Å²) in [6, 6.07) is 19.1. The number of pyridine rings is 1. The van der Waals surface area contributed by atoms with Crippen LogP contribution in [0.25, 0.3) is 10.9 Å². The first kappa shape index (κ1) is 23.9. The van der Waals surface area contributed by atoms with E-state index in [-0.39, 0.29) is 18.4 Å². The fourth-order valence-corrected chi connectivity index (χ4v) is 4.16. The second-order valence-corrected chi connectivity index (χ2v) is 8.53. The van der Waals surface area contributed by atoms with Crippen molar-refractivity contribution in [2.45, 2.75) is 0 Å². The van der Waals surface area contributed by atoms with Gasteiger partial charge in [0.15, 0.2) is 12.4 Å². The number of nitrogens with one attached hydrogen (secondary N) is 1. The third kappa shape index (κ3) is 5.37. The van der Waals surface area contributed by atoms with E-state index in [1.54, 1.807) is 47.4 Å². The number of furan rings is 1. The van der Waals surface area contributed by atoms with Crippen LogP contribution >= 0.6 is 0 Å². The largest absolute Gasteiger partial charge is 0.481 e. The molecule has 10 heteroatoms. The fourth-order valence-electron chi connectivity index (χ4n) is 4.16. The Balaban J connectivity index is 1.23. The summed E-state index contributed by atoms with van der Waals surface area (Å²) in [6.45, 7) is 2.15. The minimum atomic E-state index is -0.534. The molecule has 0 saturated carbocycles. The van der Waals surface area contributed by atoms with Gasteiger partial charge in [0.1, 0.15) is 17.1 Å². The molecule has 0 radical (unpaired) electrons. The summed E-state index contributed by atoms with van der Waals surface area (Å²) in [4.78, 5) is 44.9. The molecule has 10 nitrogen and oxygen atoms in total. The molecular weight excluding hydrogens is 474 g/mol. The van der Waals surface area contributed by atoms with E-state index >= 15 is 0 Å². The topological polar surface area (TPSA) is 131 Å². The number of anilines is 2. The van der Waals surface area contributed by atoms with Gasteiger partial charge in [-0.25, -0.2) is 4.98 Å². The molecule has 5 rings (SSSR count). The molecule has 1 aliphatic rings. The van der Waals surface area contributed by atoms with Crippen LogP contribution in [0.2, 0.25) is 0 Å². The van der Waals surface area contributed by atoms with Crippen LogP contribution in [0.1, 0.15) is 20.9 Å². The number of fused-ring (bicyclic) bond motifs is 1. The molecule has 3 heterocycles. The zero-order valence-corrected chi connectivity index (χ0v) is 19.9. The number of piperazine rings is 1. The molecule has 0 spiro atoms. The molecule has 3 amide bonds. The lowest BCUT2D eigenvalue weighted by molar-refractivity contribution is -0.118. The van der Waals surface area contributed by atoms with E-state index in [1.807, 2.05) is 24.3 Å². The smallest absolute Gasteiger partial charge is 0.289 e. The zero-order chi connectivity index (χ0) is 25.8. The molecule has 188 valence electrons. The molecule has 0 atom stereocenters. The first-order chi connectivity index (χ1) is 18.0. The number of carbonyl (C=O) groups excluding carboxylic acids is 3. The molecule has 1 saturated heterocycles. The van der Waals surface area contributed by atoms with Crippen molar-refractivity contribution in [3.8, 4) is 5.75 Å². The lowest BCUT2D eigenvalue weighted by Gasteiger charge is -2.35. The maximum Gasteiger partial charge on any atom is 0.289 e. The van der Waals surface area contributed by atoms with Crippen molar-refractivity contribution in [2.24, 2.45) is 5.73 Å². The van der Waals surface area contributed by atoms with E-state index < -0.39 is 5.91 Å². The van der Waals surface area contributed by atoms with Crippen molar-refractivity contribution in [3.05, 3.63) is 84.3 Å². The molecule has 2 aromatic heterocycles. The number of nitrogens with zero attached hydrogens (tertiary/aromatic N) is 3. The number of carbonyl (C=O) groups is 3. The van der Waals surface area contributed by atoms with Crippen LogP contribution < -0.4 is 20.7 Å². The van der Waals surface area contributed by atoms with Crippen LogP contribution in [0.3, 0.4) is 0 Å². The number of primary amides is 1. The Morgan fingerprint density at radius 1 is 0.946 bits per heavy atom. The summed E-state index contributed by atoms with van der Waals surface area (Å²) >= 11 is 0. The van der Waals surface area contributed by atoms with Crippen LogP contribution in [0, 0.1) is 0 Å². The number of rotatable bonds is 7. The van der Waals surface area contributed by atoms with E-state index in [2.05, 4.69) is 10.2 Å². The molecule has 3 N–H and O–H groups in total. The van der Waals surface area contributed by atoms with E-state index in [0.717, 1.165) is 11.2 Å². The van der Waals surface area contributed by atoms with Crippen molar-refractivity contribution in [2.75, 3.05) is 43.0 Å². The number of benzene rings is 2. The highest BCUT2D eigenvalue weighted by molar-refractivity contribution is 5.95. The van der Waals surface area contributed by atoms with Gasteiger partial charge in [0.25, 0.3) is 11.8 Å². The van der Waals surface area contributed by atoms with Crippen LogP contribution in [0.4, 0.5) is 11.5 Å². The number of amides is 3. The molecule has 0 bridgehead atoms. The predicted molar refractivity (Wildman–Crippen MR) is 138 cm³/mol. The maximum atomic E-state index is 12.5. The highest BCUT2D eigenvalue weighted by atomic mass is 16.5. The summed E-state index contributed by atoms with van der Waals surface area (Å²) in [7, 11) is 0. The Labute approximate surface area is 212 Å². The van der Waals surface area contributed by atoms with Gasteiger partial charge in [-0.3, -0.25) is 14.4 Å². The fraction of sp³-hybridized carbons (Fsp3) is 0.185. The second-order valence-electron chi connectivity index (χ2n) is 8.53. The van der Waals surface area contributed by atoms with E-state index in [0.29, 0.717) is 54.5 Å². The van der Waals surface area contributed by atoms with Crippen molar-refractivity contribution in [1.82, 2.24) is 9.88 Å². The number of ether oxygens (including phenoxy) is 1. The van der Waals surface area contributed by atoms with E-state index in [9.17, 15) is 14.4 Å². The molecule has 2 aromatic carbocycles. The first-order valence-electron chi connectivity index (χ1n) is 11.8. The predicted octanol–water partition coefficient (Wildman–Crippen LogP) is 2.91. The van der Waals surface area contributed by atoms with Crippen molar-refractivity contribution in [3.63, 3.8) is 0 Å². The number of para-hydroxylation sites is 1. The molecule has 0 aliphatic carbocycles. The van der Waals surface area contributed by atoms with E-state index in [1.165, 1.54) is 6.26 Å². The minimum Gasteiger partial charge on any atom is -0.481 e. The number of aromatic nitrogens is 1. The van der Waals surface area contributed by atoms with Gasteiger partial charge in [-0.1, -0.05) is 12.1 Å². The second kappa shape index (κ2) is 10.4. The van der Waals surface area contributed by atoms with Gasteiger partial charge in [0.05, 0.1) is 6.26 Å². The van der Waals surface area contributed by atoms with Gasteiger partial charge in [-0.2, -0.15) is 0 Å². The minimum absolute atomic E-state index is 0.117. The third-order valence-corrected chi connectivity index (χ3v) is 6.10. The number of nitrogens with two attached hydrogens (primary N) is 1. The van der Waals surface area contributed by atoms with Gasteiger partial charge in [0.2, 0.25) is 5.91 Å². The highest BCUT2D eigenvalue weighted by Gasteiger charge is 2.24. The molecule has 1 aliphatic heterocycles. The summed E-state index contributed by atoms with van der Waals surface area (Å²) < 4.78 is 11.0. The van der Waals surface area contributed by atoms with Crippen molar-refractivity contribution < 1.29 is 23.5 Å².